The van der Waals surface area contributed by atoms with Crippen molar-refractivity contribution in [2.45, 2.75) is 19.3 Å². The van der Waals surface area contributed by atoms with Crippen molar-refractivity contribution < 1.29 is 0 Å². The smallest absolute Gasteiger partial charge is 0.0543 e. The van der Waals surface area contributed by atoms with E-state index in [9.17, 15) is 0 Å². The summed E-state index contributed by atoms with van der Waals surface area (Å²) in [5.74, 6) is 0. The first-order valence-corrected chi connectivity index (χ1v) is 19.9. The molecule has 260 valence electrons. The van der Waals surface area contributed by atoms with Gasteiger partial charge in [-0.25, -0.2) is 0 Å². The van der Waals surface area contributed by atoms with E-state index in [0.29, 0.717) is 0 Å². The van der Waals surface area contributed by atoms with Crippen LogP contribution in [0.1, 0.15) is 25.0 Å². The molecule has 1 aromatic heterocycles. The van der Waals surface area contributed by atoms with Crippen molar-refractivity contribution in [2.75, 3.05) is 4.90 Å². The topological polar surface area (TPSA) is 3.24 Å². The summed E-state index contributed by atoms with van der Waals surface area (Å²) >= 11 is 1.89. The minimum atomic E-state index is -0.102. The number of thiophene rings is 1. The Morgan fingerprint density at radius 1 is 0.418 bits per heavy atom. The van der Waals surface area contributed by atoms with Crippen molar-refractivity contribution in [1.82, 2.24) is 0 Å². The van der Waals surface area contributed by atoms with Gasteiger partial charge in [0.1, 0.15) is 0 Å². The first kappa shape index (κ1) is 32.0. The van der Waals surface area contributed by atoms with Gasteiger partial charge in [-0.05, 0) is 109 Å². The molecule has 2 heteroatoms. The number of hydrogen-bond acceptors (Lipinski definition) is 2. The molecule has 0 amide bonds. The van der Waals surface area contributed by atoms with Crippen molar-refractivity contribution in [3.8, 4) is 33.4 Å². The fourth-order valence-corrected chi connectivity index (χ4v) is 10.3. The highest BCUT2D eigenvalue weighted by Crippen LogP contribution is 2.54. The molecule has 9 aromatic carbocycles. The average molecular weight is 720 g/mol. The summed E-state index contributed by atoms with van der Waals surface area (Å²) in [5.41, 5.74) is 13.6. The Balaban J connectivity index is 1.10. The van der Waals surface area contributed by atoms with Gasteiger partial charge in [-0.2, -0.15) is 0 Å². The van der Waals surface area contributed by atoms with Crippen LogP contribution < -0.4 is 4.90 Å². The molecule has 0 unspecified atom stereocenters. The molecule has 0 saturated heterocycles. The van der Waals surface area contributed by atoms with Gasteiger partial charge < -0.3 is 4.90 Å². The fraction of sp³-hybridized carbons (Fsp3) is 0.0566. The van der Waals surface area contributed by atoms with Gasteiger partial charge in [0.25, 0.3) is 0 Å². The zero-order valence-electron chi connectivity index (χ0n) is 30.8. The quantitative estimate of drug-likeness (QED) is 0.171. The lowest BCUT2D eigenvalue weighted by atomic mass is 9.82. The van der Waals surface area contributed by atoms with E-state index in [1.807, 2.05) is 11.3 Å². The molecule has 0 atom stereocenters. The van der Waals surface area contributed by atoms with Crippen molar-refractivity contribution >= 4 is 70.1 Å². The predicted octanol–water partition coefficient (Wildman–Crippen LogP) is 15.5. The van der Waals surface area contributed by atoms with Crippen LogP contribution in [0.2, 0.25) is 0 Å². The second kappa shape index (κ2) is 12.3. The predicted molar refractivity (Wildman–Crippen MR) is 237 cm³/mol. The third kappa shape index (κ3) is 4.99. The molecule has 0 saturated carbocycles. The SMILES string of the molecule is CC1(C)c2ccccc2-c2c(N(c3ccc(-c4cccc5sc6cc7ccccc7cc6c45)cc3)c3cccc(-c4cccc5ccccc45)c3)cccc21. The molecule has 0 radical (unpaired) electrons. The van der Waals surface area contributed by atoms with Crippen molar-refractivity contribution in [3.05, 3.63) is 199 Å². The third-order valence-electron chi connectivity index (χ3n) is 11.8. The molecule has 10 aromatic rings. The average Bonchev–Trinajstić information content (AvgIpc) is 3.71. The molecule has 0 aliphatic heterocycles. The van der Waals surface area contributed by atoms with Crippen LogP contribution in [0.15, 0.2) is 188 Å². The largest absolute Gasteiger partial charge is 0.310 e. The van der Waals surface area contributed by atoms with Crippen LogP contribution >= 0.6 is 11.3 Å². The van der Waals surface area contributed by atoms with Crippen LogP contribution in [0, 0.1) is 0 Å². The summed E-state index contributed by atoms with van der Waals surface area (Å²) in [6.07, 6.45) is 0. The number of fused-ring (bicyclic) bond motifs is 8. The van der Waals surface area contributed by atoms with Crippen LogP contribution in [-0.2, 0) is 5.41 Å². The van der Waals surface area contributed by atoms with E-state index >= 15 is 0 Å². The molecule has 1 aliphatic rings. The van der Waals surface area contributed by atoms with Gasteiger partial charge in [0.15, 0.2) is 0 Å². The Morgan fingerprint density at radius 3 is 1.95 bits per heavy atom. The van der Waals surface area contributed by atoms with Crippen LogP contribution in [0.5, 0.6) is 0 Å². The molecule has 11 rings (SSSR count). The third-order valence-corrected chi connectivity index (χ3v) is 12.9. The fourth-order valence-electron chi connectivity index (χ4n) is 9.18. The molecule has 1 aliphatic carbocycles. The van der Waals surface area contributed by atoms with Gasteiger partial charge in [-0.15, -0.1) is 11.3 Å². The van der Waals surface area contributed by atoms with Gasteiger partial charge in [0.2, 0.25) is 0 Å². The van der Waals surface area contributed by atoms with E-state index in [1.54, 1.807) is 0 Å². The lowest BCUT2D eigenvalue weighted by molar-refractivity contribution is 0.660. The van der Waals surface area contributed by atoms with Crippen LogP contribution in [-0.4, -0.2) is 0 Å². The number of anilines is 3. The molecule has 1 nitrogen and oxygen atoms in total. The standard InChI is InChI=1S/C53H37NS/c1-53(2)46-23-8-7-20-44(46)52-47(53)24-12-25-48(52)54(40-18-9-17-38(31-40)42-21-10-16-34-13-5-6-19-41(34)42)39-29-27-35(28-30-39)43-22-11-26-49-51(43)45-32-36-14-3-4-15-37(36)33-50(45)55-49/h3-33H,1-2H3. The maximum atomic E-state index is 2.47. The highest BCUT2D eigenvalue weighted by Gasteiger charge is 2.37. The Morgan fingerprint density at radius 2 is 1.07 bits per heavy atom. The van der Waals surface area contributed by atoms with Gasteiger partial charge in [0, 0.05) is 42.5 Å². The number of nitrogens with zero attached hydrogens (tertiary/aromatic N) is 1. The van der Waals surface area contributed by atoms with Crippen molar-refractivity contribution in [1.29, 1.82) is 0 Å². The summed E-state index contributed by atoms with van der Waals surface area (Å²) in [4.78, 5) is 2.47. The monoisotopic (exact) mass is 719 g/mol. The molecule has 1 heterocycles. The van der Waals surface area contributed by atoms with Gasteiger partial charge >= 0.3 is 0 Å². The number of benzene rings is 9. The highest BCUT2D eigenvalue weighted by atomic mass is 32.1. The van der Waals surface area contributed by atoms with Crippen LogP contribution in [0.3, 0.4) is 0 Å². The van der Waals surface area contributed by atoms with E-state index in [4.69, 9.17) is 0 Å². The molecule has 0 fully saturated rings. The Bertz CT molecular complexity index is 3120. The maximum Gasteiger partial charge on any atom is 0.0543 e. The lowest BCUT2D eigenvalue weighted by Gasteiger charge is -2.29. The first-order chi connectivity index (χ1) is 27.0. The van der Waals surface area contributed by atoms with E-state index in [0.717, 1.165) is 11.4 Å². The van der Waals surface area contributed by atoms with Crippen LogP contribution in [0.25, 0.3) is 75.1 Å². The zero-order chi connectivity index (χ0) is 36.7. The normalized spacial score (nSPS) is 13.1. The van der Waals surface area contributed by atoms with Gasteiger partial charge in [0.05, 0.1) is 5.69 Å². The zero-order valence-corrected chi connectivity index (χ0v) is 31.6. The molecule has 0 N–H and O–H groups in total. The number of rotatable bonds is 5. The summed E-state index contributed by atoms with van der Waals surface area (Å²) in [7, 11) is 0. The lowest BCUT2D eigenvalue weighted by Crippen LogP contribution is -2.16. The summed E-state index contributed by atoms with van der Waals surface area (Å²) in [6, 6.07) is 69.6. The molecular formula is C53H37NS. The highest BCUT2D eigenvalue weighted by molar-refractivity contribution is 7.26. The summed E-state index contributed by atoms with van der Waals surface area (Å²) in [5, 5.41) is 7.74. The molecule has 0 bridgehead atoms. The van der Waals surface area contributed by atoms with Gasteiger partial charge in [-0.1, -0.05) is 153 Å². The summed E-state index contributed by atoms with van der Waals surface area (Å²) < 4.78 is 2.65. The minimum Gasteiger partial charge on any atom is -0.310 e. The van der Waals surface area contributed by atoms with Crippen molar-refractivity contribution in [2.24, 2.45) is 0 Å². The van der Waals surface area contributed by atoms with Crippen molar-refractivity contribution in [3.63, 3.8) is 0 Å². The van der Waals surface area contributed by atoms with Crippen LogP contribution in [0.4, 0.5) is 17.1 Å². The van der Waals surface area contributed by atoms with E-state index < -0.39 is 0 Å². The minimum absolute atomic E-state index is 0.102. The maximum absolute atomic E-state index is 2.47. The Kier molecular flexibility index (Phi) is 7.14. The molecule has 0 spiro atoms. The molecular weight excluding hydrogens is 683 g/mol. The second-order valence-electron chi connectivity index (χ2n) is 15.3. The van der Waals surface area contributed by atoms with E-state index in [1.165, 1.54) is 91.9 Å². The Labute approximate surface area is 325 Å². The number of hydrogen-bond donors (Lipinski definition) is 0. The first-order valence-electron chi connectivity index (χ1n) is 19.1. The molecule has 55 heavy (non-hydrogen) atoms. The Hall–Kier alpha value is -6.48. The summed E-state index contributed by atoms with van der Waals surface area (Å²) in [6.45, 7) is 4.72. The second-order valence-corrected chi connectivity index (χ2v) is 16.4. The van der Waals surface area contributed by atoms with E-state index in [-0.39, 0.29) is 5.41 Å². The van der Waals surface area contributed by atoms with E-state index in [2.05, 4.69) is 207 Å². The van der Waals surface area contributed by atoms with Gasteiger partial charge in [-0.3, -0.25) is 0 Å².